The Bertz CT molecular complexity index is 31.5. The average Bonchev–Trinajstić information content (AvgIpc) is 1.81. The summed E-state index contributed by atoms with van der Waals surface area (Å²) >= 11 is 0. The molecule has 0 aliphatic carbocycles. The zero-order valence-electron chi connectivity index (χ0n) is 5.52. The summed E-state index contributed by atoms with van der Waals surface area (Å²) < 4.78 is 9.58. The summed E-state index contributed by atoms with van der Waals surface area (Å²) in [7, 11) is 3.38. The van der Waals surface area contributed by atoms with E-state index in [2.05, 4.69) is 0 Å². The number of methoxy groups -OCH3 is 2. The fraction of sp³-hybridized carbons (Fsp3) is 0.833. The molecule has 49 valence electrons. The number of hydrogen-bond acceptors (Lipinski definition) is 2. The topological polar surface area (TPSA) is 18.5 Å². The summed E-state index contributed by atoms with van der Waals surface area (Å²) in [6, 6.07) is 0. The van der Waals surface area contributed by atoms with Gasteiger partial charge in [0.05, 0.1) is 0 Å². The molecular formula is C6H13O2. The predicted octanol–water partition coefficient (Wildman–Crippen LogP) is 0.874. The van der Waals surface area contributed by atoms with E-state index in [1.165, 1.54) is 0 Å². The van der Waals surface area contributed by atoms with E-state index >= 15 is 0 Å². The Kier molecular flexibility index (Phi) is 6.85. The first-order chi connectivity index (χ1) is 3.91. The Balaban J connectivity index is 2.53. The highest BCUT2D eigenvalue weighted by atomic mass is 16.5. The van der Waals surface area contributed by atoms with Crippen molar-refractivity contribution in [1.29, 1.82) is 0 Å². The van der Waals surface area contributed by atoms with Gasteiger partial charge in [-0.2, -0.15) is 0 Å². The minimum absolute atomic E-state index is 0.726. The van der Waals surface area contributed by atoms with Gasteiger partial charge in [0.1, 0.15) is 0 Å². The third-order valence-electron chi connectivity index (χ3n) is 0.811. The molecule has 0 unspecified atom stereocenters. The molecule has 0 aromatic rings. The largest absolute Gasteiger partial charge is 0.385 e. The van der Waals surface area contributed by atoms with Crippen molar-refractivity contribution in [2.45, 2.75) is 6.42 Å². The smallest absolute Gasteiger partial charge is 0.0494 e. The maximum Gasteiger partial charge on any atom is 0.0494 e. The zero-order chi connectivity index (χ0) is 6.24. The van der Waals surface area contributed by atoms with E-state index in [1.807, 2.05) is 6.42 Å². The minimum Gasteiger partial charge on any atom is -0.385 e. The van der Waals surface area contributed by atoms with Crippen LogP contribution in [0.5, 0.6) is 0 Å². The molecule has 0 spiro atoms. The van der Waals surface area contributed by atoms with E-state index in [9.17, 15) is 0 Å². The van der Waals surface area contributed by atoms with Crippen LogP contribution in [0.4, 0.5) is 0 Å². The summed E-state index contributed by atoms with van der Waals surface area (Å²) in [5.74, 6) is 0. The maximum absolute atomic E-state index is 4.80. The van der Waals surface area contributed by atoms with Gasteiger partial charge in [0, 0.05) is 27.4 Å². The molecule has 0 bridgehead atoms. The van der Waals surface area contributed by atoms with E-state index in [4.69, 9.17) is 9.47 Å². The second-order valence-electron chi connectivity index (χ2n) is 1.53. The molecule has 0 saturated heterocycles. The molecule has 0 aliphatic heterocycles. The van der Waals surface area contributed by atoms with Crippen molar-refractivity contribution < 1.29 is 9.47 Å². The molecular weight excluding hydrogens is 104 g/mol. The molecule has 0 fully saturated rings. The highest BCUT2D eigenvalue weighted by molar-refractivity contribution is 4.60. The van der Waals surface area contributed by atoms with Crippen molar-refractivity contribution in [3.8, 4) is 0 Å². The zero-order valence-corrected chi connectivity index (χ0v) is 5.52. The fourth-order valence-corrected chi connectivity index (χ4v) is 0.402. The normalized spacial score (nSPS) is 9.75. The standard InChI is InChI=1S/C6H13O2/c1-7-5-3-4-6-8-2/h3H,4-6H2,1-2H3. The summed E-state index contributed by atoms with van der Waals surface area (Å²) in [6.45, 7) is 1.52. The van der Waals surface area contributed by atoms with Crippen LogP contribution >= 0.6 is 0 Å². The van der Waals surface area contributed by atoms with Crippen molar-refractivity contribution >= 4 is 0 Å². The van der Waals surface area contributed by atoms with Gasteiger partial charge in [0.2, 0.25) is 0 Å². The first-order valence-electron chi connectivity index (χ1n) is 2.71. The van der Waals surface area contributed by atoms with Gasteiger partial charge in [-0.15, -0.1) is 0 Å². The van der Waals surface area contributed by atoms with Crippen molar-refractivity contribution in [2.24, 2.45) is 0 Å². The Morgan fingerprint density at radius 1 is 1.25 bits per heavy atom. The summed E-state index contributed by atoms with van der Waals surface area (Å²) in [6.07, 6.45) is 3.02. The minimum atomic E-state index is 0.726. The van der Waals surface area contributed by atoms with Crippen LogP contribution in [0, 0.1) is 6.42 Å². The molecule has 0 saturated carbocycles. The SMILES string of the molecule is COC[CH]CCOC. The van der Waals surface area contributed by atoms with Gasteiger partial charge in [-0.3, -0.25) is 0 Å². The van der Waals surface area contributed by atoms with E-state index < -0.39 is 0 Å². The highest BCUT2D eigenvalue weighted by Crippen LogP contribution is 1.85. The van der Waals surface area contributed by atoms with Gasteiger partial charge in [0.15, 0.2) is 0 Å². The molecule has 0 rings (SSSR count). The first-order valence-corrected chi connectivity index (χ1v) is 2.71. The average molecular weight is 117 g/mol. The van der Waals surface area contributed by atoms with Gasteiger partial charge in [-0.05, 0) is 12.8 Å². The molecule has 0 amide bonds. The molecule has 2 heteroatoms. The van der Waals surface area contributed by atoms with Crippen LogP contribution in [0.25, 0.3) is 0 Å². The van der Waals surface area contributed by atoms with Crippen LogP contribution in [-0.2, 0) is 9.47 Å². The van der Waals surface area contributed by atoms with Gasteiger partial charge in [-0.1, -0.05) is 0 Å². The summed E-state index contributed by atoms with van der Waals surface area (Å²) in [5, 5.41) is 0. The van der Waals surface area contributed by atoms with E-state index in [-0.39, 0.29) is 0 Å². The number of rotatable bonds is 5. The van der Waals surface area contributed by atoms with Crippen molar-refractivity contribution in [3.63, 3.8) is 0 Å². The molecule has 8 heavy (non-hydrogen) atoms. The molecule has 0 aromatic heterocycles. The third-order valence-corrected chi connectivity index (χ3v) is 0.811. The van der Waals surface area contributed by atoms with Gasteiger partial charge in [0.25, 0.3) is 0 Å². The van der Waals surface area contributed by atoms with Crippen LogP contribution in [0.15, 0.2) is 0 Å². The lowest BCUT2D eigenvalue weighted by Gasteiger charge is -1.95. The predicted molar refractivity (Wildman–Crippen MR) is 32.7 cm³/mol. The van der Waals surface area contributed by atoms with Crippen molar-refractivity contribution in [1.82, 2.24) is 0 Å². The lowest BCUT2D eigenvalue weighted by atomic mass is 10.3. The number of hydrogen-bond donors (Lipinski definition) is 0. The molecule has 2 nitrogen and oxygen atoms in total. The van der Waals surface area contributed by atoms with Crippen LogP contribution in [-0.4, -0.2) is 27.4 Å². The molecule has 0 N–H and O–H groups in total. The monoisotopic (exact) mass is 117 g/mol. The Morgan fingerprint density at radius 2 is 2.00 bits per heavy atom. The Morgan fingerprint density at radius 3 is 2.50 bits per heavy atom. The van der Waals surface area contributed by atoms with Crippen LogP contribution in [0.3, 0.4) is 0 Å². The maximum atomic E-state index is 4.80. The van der Waals surface area contributed by atoms with Crippen LogP contribution < -0.4 is 0 Å². The second-order valence-corrected chi connectivity index (χ2v) is 1.53. The van der Waals surface area contributed by atoms with Gasteiger partial charge >= 0.3 is 0 Å². The van der Waals surface area contributed by atoms with Crippen molar-refractivity contribution in [2.75, 3.05) is 27.4 Å². The molecule has 1 radical (unpaired) electrons. The second kappa shape index (κ2) is 6.92. The van der Waals surface area contributed by atoms with E-state index in [1.54, 1.807) is 14.2 Å². The quantitative estimate of drug-likeness (QED) is 0.497. The molecule has 0 aromatic carbocycles. The highest BCUT2D eigenvalue weighted by Gasteiger charge is 1.83. The van der Waals surface area contributed by atoms with Crippen LogP contribution in [0.2, 0.25) is 0 Å². The summed E-state index contributed by atoms with van der Waals surface area (Å²) in [4.78, 5) is 0. The number of ether oxygens (including phenoxy) is 2. The lowest BCUT2D eigenvalue weighted by Crippen LogP contribution is -1.93. The van der Waals surface area contributed by atoms with Crippen molar-refractivity contribution in [3.05, 3.63) is 6.42 Å². The first kappa shape index (κ1) is 7.92. The molecule has 0 atom stereocenters. The third kappa shape index (κ3) is 5.92. The van der Waals surface area contributed by atoms with E-state index in [0.29, 0.717) is 0 Å². The Labute approximate surface area is 50.8 Å². The van der Waals surface area contributed by atoms with E-state index in [0.717, 1.165) is 19.6 Å². The van der Waals surface area contributed by atoms with Crippen LogP contribution in [0.1, 0.15) is 6.42 Å². The summed E-state index contributed by atoms with van der Waals surface area (Å²) in [5.41, 5.74) is 0. The number of unbranched alkanes of at least 4 members (excludes halogenated alkanes) is 1. The van der Waals surface area contributed by atoms with Gasteiger partial charge < -0.3 is 9.47 Å². The Hall–Kier alpha value is -0.0800. The molecule has 0 aliphatic rings. The van der Waals surface area contributed by atoms with Gasteiger partial charge in [-0.25, -0.2) is 0 Å². The molecule has 0 heterocycles. The lowest BCUT2D eigenvalue weighted by molar-refractivity contribution is 0.184. The fourth-order valence-electron chi connectivity index (χ4n) is 0.402.